The number of hydrogen-bond donors (Lipinski definition) is 0. The quantitative estimate of drug-likeness (QED) is 0.543. The van der Waals surface area contributed by atoms with Gasteiger partial charge in [0.1, 0.15) is 0 Å². The molecule has 0 radical (unpaired) electrons. The molecule has 0 aliphatic carbocycles. The van der Waals surface area contributed by atoms with Crippen LogP contribution in [0.5, 0.6) is 0 Å². The first kappa shape index (κ1) is 13.1. The smallest absolute Gasteiger partial charge is 0.237 e. The molecule has 3 rings (SSSR count). The molecule has 0 saturated heterocycles. The van der Waals surface area contributed by atoms with Crippen molar-refractivity contribution in [3.8, 4) is 11.4 Å². The first-order valence-corrected chi connectivity index (χ1v) is 7.16. The first-order valence-electron chi connectivity index (χ1n) is 5.80. The molecule has 0 aliphatic heterocycles. The van der Waals surface area contributed by atoms with Gasteiger partial charge in [-0.3, -0.25) is 0 Å². The van der Waals surface area contributed by atoms with E-state index in [0.29, 0.717) is 27.6 Å². The molecule has 0 aliphatic rings. The highest BCUT2D eigenvalue weighted by Crippen LogP contribution is 2.26. The minimum atomic E-state index is 0.486. The Hall–Kier alpha value is -1.92. The highest BCUT2D eigenvalue weighted by atomic mass is 35.5. The molecule has 0 amide bonds. The minimum Gasteiger partial charge on any atom is -0.338 e. The van der Waals surface area contributed by atoms with Crippen molar-refractivity contribution in [1.82, 2.24) is 20.1 Å². The van der Waals surface area contributed by atoms with Crippen LogP contribution in [0.4, 0.5) is 0 Å². The molecule has 0 saturated carbocycles. The lowest BCUT2D eigenvalue weighted by Gasteiger charge is -1.96. The summed E-state index contributed by atoms with van der Waals surface area (Å²) in [6, 6.07) is 9.15. The highest BCUT2D eigenvalue weighted by Gasteiger charge is 2.11. The van der Waals surface area contributed by atoms with Gasteiger partial charge in [0.2, 0.25) is 11.7 Å². The normalized spacial score (nSPS) is 10.7. The van der Waals surface area contributed by atoms with Crippen LogP contribution in [-0.4, -0.2) is 20.1 Å². The molecular formula is C13H9ClN4OS. The van der Waals surface area contributed by atoms with Gasteiger partial charge in [-0.1, -0.05) is 40.7 Å². The number of hydrogen-bond acceptors (Lipinski definition) is 6. The van der Waals surface area contributed by atoms with Gasteiger partial charge < -0.3 is 4.52 Å². The number of nitrogens with zero attached hydrogens (tertiary/aromatic N) is 4. The van der Waals surface area contributed by atoms with Crippen molar-refractivity contribution in [3.63, 3.8) is 0 Å². The van der Waals surface area contributed by atoms with Gasteiger partial charge in [0.25, 0.3) is 0 Å². The number of aromatic nitrogens is 4. The first-order chi connectivity index (χ1) is 9.83. The van der Waals surface area contributed by atoms with Crippen LogP contribution in [0.2, 0.25) is 5.02 Å². The van der Waals surface area contributed by atoms with Gasteiger partial charge in [-0.15, -0.1) is 0 Å². The van der Waals surface area contributed by atoms with Gasteiger partial charge in [0.15, 0.2) is 5.16 Å². The second-order valence-corrected chi connectivity index (χ2v) is 5.16. The van der Waals surface area contributed by atoms with Crippen LogP contribution in [0.1, 0.15) is 5.89 Å². The summed E-state index contributed by atoms with van der Waals surface area (Å²) in [5.74, 6) is 1.51. The van der Waals surface area contributed by atoms with Gasteiger partial charge in [-0.05, 0) is 18.2 Å². The summed E-state index contributed by atoms with van der Waals surface area (Å²) >= 11 is 7.53. The Kier molecular flexibility index (Phi) is 3.94. The fraction of sp³-hybridized carbons (Fsp3) is 0.0769. The lowest BCUT2D eigenvalue weighted by molar-refractivity contribution is 0.391. The molecule has 100 valence electrons. The van der Waals surface area contributed by atoms with E-state index in [-0.39, 0.29) is 0 Å². The summed E-state index contributed by atoms with van der Waals surface area (Å²) in [6.45, 7) is 0. The van der Waals surface area contributed by atoms with Crippen LogP contribution in [-0.2, 0) is 5.75 Å². The summed E-state index contributed by atoms with van der Waals surface area (Å²) in [5.41, 5.74) is 0.755. The van der Waals surface area contributed by atoms with E-state index < -0.39 is 0 Å². The SMILES string of the molecule is Clc1ccccc1-c1noc(CSc2ncccn2)n1. The molecule has 2 aromatic heterocycles. The molecule has 0 atom stereocenters. The molecule has 0 bridgehead atoms. The average molecular weight is 305 g/mol. The van der Waals surface area contributed by atoms with E-state index in [9.17, 15) is 0 Å². The zero-order valence-corrected chi connectivity index (χ0v) is 11.8. The fourth-order valence-corrected chi connectivity index (χ4v) is 2.41. The Morgan fingerprint density at radius 1 is 1.10 bits per heavy atom. The zero-order chi connectivity index (χ0) is 13.8. The monoisotopic (exact) mass is 304 g/mol. The summed E-state index contributed by atoms with van der Waals surface area (Å²) in [5, 5.41) is 5.20. The third kappa shape index (κ3) is 2.97. The molecule has 3 aromatic rings. The molecular weight excluding hydrogens is 296 g/mol. The van der Waals surface area contributed by atoms with Crippen molar-refractivity contribution < 1.29 is 4.52 Å². The second kappa shape index (κ2) is 6.02. The Morgan fingerprint density at radius 3 is 2.70 bits per heavy atom. The zero-order valence-electron chi connectivity index (χ0n) is 10.2. The maximum absolute atomic E-state index is 6.09. The van der Waals surface area contributed by atoms with Crippen LogP contribution in [0, 0.1) is 0 Å². The van der Waals surface area contributed by atoms with Crippen molar-refractivity contribution in [2.45, 2.75) is 10.9 Å². The standard InChI is InChI=1S/C13H9ClN4OS/c14-10-5-2-1-4-9(10)12-17-11(19-18-12)8-20-13-15-6-3-7-16-13/h1-7H,8H2. The summed E-state index contributed by atoms with van der Waals surface area (Å²) in [6.07, 6.45) is 3.39. The molecule has 1 aromatic carbocycles. The van der Waals surface area contributed by atoms with E-state index in [2.05, 4.69) is 20.1 Å². The Balaban J connectivity index is 1.73. The largest absolute Gasteiger partial charge is 0.338 e. The van der Waals surface area contributed by atoms with Gasteiger partial charge in [0.05, 0.1) is 10.8 Å². The molecule has 7 heteroatoms. The summed E-state index contributed by atoms with van der Waals surface area (Å²) < 4.78 is 5.20. The van der Waals surface area contributed by atoms with E-state index in [0.717, 1.165) is 5.56 Å². The highest BCUT2D eigenvalue weighted by molar-refractivity contribution is 7.98. The van der Waals surface area contributed by atoms with Crippen LogP contribution in [0.15, 0.2) is 52.4 Å². The van der Waals surface area contributed by atoms with E-state index in [1.165, 1.54) is 11.8 Å². The van der Waals surface area contributed by atoms with E-state index in [1.54, 1.807) is 24.5 Å². The van der Waals surface area contributed by atoms with Crippen molar-refractivity contribution in [2.75, 3.05) is 0 Å². The summed E-state index contributed by atoms with van der Waals surface area (Å²) in [4.78, 5) is 12.5. The molecule has 2 heterocycles. The molecule has 0 N–H and O–H groups in total. The van der Waals surface area contributed by atoms with E-state index in [1.807, 2.05) is 18.2 Å². The van der Waals surface area contributed by atoms with E-state index >= 15 is 0 Å². The van der Waals surface area contributed by atoms with Crippen molar-refractivity contribution >= 4 is 23.4 Å². The molecule has 20 heavy (non-hydrogen) atoms. The third-order valence-corrected chi connectivity index (χ3v) is 3.64. The van der Waals surface area contributed by atoms with Crippen LogP contribution in [0.25, 0.3) is 11.4 Å². The van der Waals surface area contributed by atoms with Gasteiger partial charge in [-0.2, -0.15) is 4.98 Å². The van der Waals surface area contributed by atoms with Crippen molar-refractivity contribution in [2.24, 2.45) is 0 Å². The van der Waals surface area contributed by atoms with Crippen LogP contribution < -0.4 is 0 Å². The molecule has 0 unspecified atom stereocenters. The predicted molar refractivity (Wildman–Crippen MR) is 76.3 cm³/mol. The molecule has 0 fully saturated rings. The van der Waals surface area contributed by atoms with Crippen LogP contribution in [0.3, 0.4) is 0 Å². The Morgan fingerprint density at radius 2 is 1.90 bits per heavy atom. The topological polar surface area (TPSA) is 64.7 Å². The minimum absolute atomic E-state index is 0.486. The predicted octanol–water partition coefficient (Wildman–Crippen LogP) is 3.47. The lowest BCUT2D eigenvalue weighted by Crippen LogP contribution is -1.86. The Labute approximate surface area is 124 Å². The molecule has 0 spiro atoms. The van der Waals surface area contributed by atoms with E-state index in [4.69, 9.17) is 16.1 Å². The van der Waals surface area contributed by atoms with Gasteiger partial charge >= 0.3 is 0 Å². The van der Waals surface area contributed by atoms with Gasteiger partial charge in [0, 0.05) is 18.0 Å². The van der Waals surface area contributed by atoms with Gasteiger partial charge in [-0.25, -0.2) is 9.97 Å². The van der Waals surface area contributed by atoms with Crippen LogP contribution >= 0.6 is 23.4 Å². The maximum Gasteiger partial charge on any atom is 0.237 e. The third-order valence-electron chi connectivity index (χ3n) is 2.45. The number of halogens is 1. The van der Waals surface area contributed by atoms with Crippen molar-refractivity contribution in [1.29, 1.82) is 0 Å². The molecule has 5 nitrogen and oxygen atoms in total. The number of benzene rings is 1. The van der Waals surface area contributed by atoms with Crippen molar-refractivity contribution in [3.05, 3.63) is 53.6 Å². The maximum atomic E-state index is 6.09. The number of thioether (sulfide) groups is 1. The number of rotatable bonds is 4. The second-order valence-electron chi connectivity index (χ2n) is 3.81. The lowest BCUT2D eigenvalue weighted by atomic mass is 10.2. The summed E-state index contributed by atoms with van der Waals surface area (Å²) in [7, 11) is 0. The average Bonchev–Trinajstić information content (AvgIpc) is 2.95. The fourth-order valence-electron chi connectivity index (χ4n) is 1.55. The Bertz CT molecular complexity index is 704.